The summed E-state index contributed by atoms with van der Waals surface area (Å²) in [6.07, 6.45) is 0. The number of hydrogen-bond donors (Lipinski definition) is 2. The first-order chi connectivity index (χ1) is 8.49. The molecule has 1 aromatic carbocycles. The summed E-state index contributed by atoms with van der Waals surface area (Å²) in [7, 11) is 0. The van der Waals surface area contributed by atoms with E-state index in [1.807, 2.05) is 0 Å². The lowest BCUT2D eigenvalue weighted by atomic mass is 10.2. The van der Waals surface area contributed by atoms with Crippen LogP contribution in [0.15, 0.2) is 34.5 Å². The van der Waals surface area contributed by atoms with Gasteiger partial charge < -0.3 is 10.2 Å². The number of hydrogen-bond acceptors (Lipinski definition) is 4. The van der Waals surface area contributed by atoms with Crippen LogP contribution in [0.3, 0.4) is 0 Å². The third-order valence-corrected chi connectivity index (χ3v) is 3.43. The second-order valence-electron chi connectivity index (χ2n) is 3.77. The molecule has 1 aliphatic heterocycles. The highest BCUT2D eigenvalue weighted by Crippen LogP contribution is 2.29. The molecule has 0 saturated heterocycles. The predicted octanol–water partition coefficient (Wildman–Crippen LogP) is 2.81. The lowest BCUT2D eigenvalue weighted by Crippen LogP contribution is -2.07. The summed E-state index contributed by atoms with van der Waals surface area (Å²) < 4.78 is 13.3. The van der Waals surface area contributed by atoms with Crippen molar-refractivity contribution >= 4 is 28.5 Å². The molecule has 6 heteroatoms. The third kappa shape index (κ3) is 2.38. The van der Waals surface area contributed by atoms with E-state index < -0.39 is 11.8 Å². The van der Waals surface area contributed by atoms with Crippen LogP contribution in [0.2, 0.25) is 0 Å². The molecule has 0 aliphatic carbocycles. The lowest BCUT2D eigenvalue weighted by molar-refractivity contribution is -0.132. The van der Waals surface area contributed by atoms with E-state index in [4.69, 9.17) is 5.11 Å². The Hall–Kier alpha value is -1.82. The van der Waals surface area contributed by atoms with Gasteiger partial charge in [-0.05, 0) is 24.6 Å². The molecule has 2 N–H and O–H groups in total. The Morgan fingerprint density at radius 1 is 1.50 bits per heavy atom. The van der Waals surface area contributed by atoms with Gasteiger partial charge in [-0.1, -0.05) is 17.8 Å². The molecule has 1 heterocycles. The van der Waals surface area contributed by atoms with Gasteiger partial charge in [0, 0.05) is 0 Å². The highest BCUT2D eigenvalue weighted by Gasteiger charge is 2.27. The predicted molar refractivity (Wildman–Crippen MR) is 68.0 cm³/mol. The van der Waals surface area contributed by atoms with Gasteiger partial charge in [-0.15, -0.1) is 0 Å². The number of aryl methyl sites for hydroxylation is 1. The zero-order chi connectivity index (χ0) is 13.3. The molecule has 18 heavy (non-hydrogen) atoms. The molecule has 4 nitrogen and oxygen atoms in total. The zero-order valence-corrected chi connectivity index (χ0v) is 10.3. The highest BCUT2D eigenvalue weighted by molar-refractivity contribution is 8.15. The molecular formula is C12H10FNO3S. The normalized spacial score (nSPS) is 17.6. The molecule has 1 aromatic rings. The van der Waals surface area contributed by atoms with Crippen LogP contribution >= 0.6 is 11.8 Å². The van der Waals surface area contributed by atoms with E-state index >= 15 is 0 Å². The third-order valence-electron chi connectivity index (χ3n) is 2.45. The van der Waals surface area contributed by atoms with Crippen molar-refractivity contribution in [2.45, 2.75) is 6.92 Å². The highest BCUT2D eigenvalue weighted by atomic mass is 32.2. The van der Waals surface area contributed by atoms with Crippen molar-refractivity contribution in [3.63, 3.8) is 0 Å². The first-order valence-electron chi connectivity index (χ1n) is 5.12. The number of carboxylic acids is 1. The number of aliphatic imine (C=N–C) groups is 1. The second-order valence-corrected chi connectivity index (χ2v) is 4.73. The molecule has 0 aromatic heterocycles. The molecule has 0 bridgehead atoms. The maximum atomic E-state index is 13.3. The van der Waals surface area contributed by atoms with Crippen molar-refractivity contribution in [3.05, 3.63) is 40.9 Å². The lowest BCUT2D eigenvalue weighted by Gasteiger charge is -2.01. The molecule has 94 valence electrons. The van der Waals surface area contributed by atoms with Crippen LogP contribution in [-0.4, -0.2) is 27.0 Å². The van der Waals surface area contributed by atoms with Gasteiger partial charge in [-0.2, -0.15) is 0 Å². The van der Waals surface area contributed by atoms with Gasteiger partial charge in [0.05, 0.1) is 11.4 Å². The first kappa shape index (κ1) is 12.6. The number of aliphatic hydroxyl groups excluding tert-OH is 1. The Bertz CT molecular complexity index is 581. The molecule has 0 spiro atoms. The number of halogens is 1. The largest absolute Gasteiger partial charge is 0.510 e. The molecule has 0 fully saturated rings. The number of aliphatic carboxylic acids is 1. The Labute approximate surface area is 107 Å². The Morgan fingerprint density at radius 3 is 2.83 bits per heavy atom. The summed E-state index contributed by atoms with van der Waals surface area (Å²) in [6, 6.07) is 4.40. The number of benzene rings is 1. The smallest absolute Gasteiger partial charge is 0.341 e. The van der Waals surface area contributed by atoms with E-state index in [9.17, 15) is 14.3 Å². The molecule has 0 amide bonds. The van der Waals surface area contributed by atoms with Crippen LogP contribution < -0.4 is 0 Å². The number of nitrogens with zero attached hydrogens (tertiary/aromatic N) is 1. The summed E-state index contributed by atoms with van der Waals surface area (Å²) in [6.45, 7) is 1.63. The summed E-state index contributed by atoms with van der Waals surface area (Å²) in [5.74, 6) is -1.66. The van der Waals surface area contributed by atoms with Gasteiger partial charge in [0.1, 0.15) is 22.2 Å². The number of carboxylic acid groups (broad SMARTS) is 1. The number of rotatable bonds is 2. The monoisotopic (exact) mass is 267 g/mol. The van der Waals surface area contributed by atoms with Crippen LogP contribution in [0.5, 0.6) is 0 Å². The van der Waals surface area contributed by atoms with Gasteiger partial charge in [0.25, 0.3) is 0 Å². The van der Waals surface area contributed by atoms with Crippen molar-refractivity contribution in [2.24, 2.45) is 4.99 Å². The topological polar surface area (TPSA) is 69.9 Å². The van der Waals surface area contributed by atoms with Crippen molar-refractivity contribution in [1.82, 2.24) is 0 Å². The second kappa shape index (κ2) is 4.81. The maximum absolute atomic E-state index is 13.3. The zero-order valence-electron chi connectivity index (χ0n) is 9.48. The minimum atomic E-state index is -1.23. The summed E-state index contributed by atoms with van der Waals surface area (Å²) >= 11 is 1.11. The van der Waals surface area contributed by atoms with Gasteiger partial charge in [0.15, 0.2) is 0 Å². The van der Waals surface area contributed by atoms with E-state index in [0.29, 0.717) is 11.3 Å². The molecule has 2 rings (SSSR count). The Kier molecular flexibility index (Phi) is 3.38. The summed E-state index contributed by atoms with van der Waals surface area (Å²) in [5.41, 5.74) is 0.616. The maximum Gasteiger partial charge on any atom is 0.341 e. The van der Waals surface area contributed by atoms with Crippen LogP contribution in [0.4, 0.5) is 10.1 Å². The van der Waals surface area contributed by atoms with Gasteiger partial charge in [-0.25, -0.2) is 14.2 Å². The number of aliphatic hydroxyl groups is 1. The summed E-state index contributed by atoms with van der Waals surface area (Å²) in [4.78, 5) is 15.0. The van der Waals surface area contributed by atoms with Crippen LogP contribution in [0.25, 0.3) is 0 Å². The van der Waals surface area contributed by atoms with E-state index in [2.05, 4.69) is 4.99 Å². The SMILES string of the molecule is Cc1ccc(N=C2SCC(O)=C2C(=O)O)cc1F. The molecule has 0 saturated carbocycles. The molecule has 0 unspecified atom stereocenters. The average molecular weight is 267 g/mol. The number of carbonyl (C=O) groups is 1. The molecule has 1 aliphatic rings. The fourth-order valence-corrected chi connectivity index (χ4v) is 2.41. The standard InChI is InChI=1S/C12H10FNO3S/c1-6-2-3-7(4-8(6)13)14-11-10(12(16)17)9(15)5-18-11/h2-4,15H,5H2,1H3,(H,16,17). The Morgan fingerprint density at radius 2 is 2.22 bits per heavy atom. The van der Waals surface area contributed by atoms with Crippen LogP contribution in [0, 0.1) is 12.7 Å². The van der Waals surface area contributed by atoms with E-state index in [-0.39, 0.29) is 22.1 Å². The fourth-order valence-electron chi connectivity index (χ4n) is 1.48. The van der Waals surface area contributed by atoms with Gasteiger partial charge >= 0.3 is 5.97 Å². The molecule has 0 radical (unpaired) electrons. The van der Waals surface area contributed by atoms with Crippen molar-refractivity contribution in [1.29, 1.82) is 0 Å². The van der Waals surface area contributed by atoms with Crippen LogP contribution in [0.1, 0.15) is 5.56 Å². The van der Waals surface area contributed by atoms with Crippen molar-refractivity contribution in [3.8, 4) is 0 Å². The number of thioether (sulfide) groups is 1. The molecule has 0 atom stereocenters. The van der Waals surface area contributed by atoms with Crippen molar-refractivity contribution in [2.75, 3.05) is 5.75 Å². The first-order valence-corrected chi connectivity index (χ1v) is 6.11. The van der Waals surface area contributed by atoms with E-state index in [0.717, 1.165) is 11.8 Å². The minimum Gasteiger partial charge on any atom is -0.510 e. The van der Waals surface area contributed by atoms with Crippen molar-refractivity contribution < 1.29 is 19.4 Å². The molecular weight excluding hydrogens is 257 g/mol. The minimum absolute atomic E-state index is 0.175. The van der Waals surface area contributed by atoms with Gasteiger partial charge in [0.2, 0.25) is 0 Å². The van der Waals surface area contributed by atoms with E-state index in [1.165, 1.54) is 6.07 Å². The quantitative estimate of drug-likeness (QED) is 0.864. The Balaban J connectivity index is 2.39. The fraction of sp³-hybridized carbons (Fsp3) is 0.167. The van der Waals surface area contributed by atoms with Crippen LogP contribution in [-0.2, 0) is 4.79 Å². The average Bonchev–Trinajstić information content (AvgIpc) is 2.65. The van der Waals surface area contributed by atoms with Gasteiger partial charge in [-0.3, -0.25) is 0 Å². The summed E-state index contributed by atoms with van der Waals surface area (Å²) in [5, 5.41) is 18.6. The van der Waals surface area contributed by atoms with E-state index in [1.54, 1.807) is 19.1 Å².